The van der Waals surface area contributed by atoms with Crippen LogP contribution in [0.1, 0.15) is 47.2 Å². The van der Waals surface area contributed by atoms with Crippen LogP contribution in [0.2, 0.25) is 0 Å². The maximum absolute atomic E-state index is 6.63. The Kier molecular flexibility index (Phi) is 7.22. The van der Waals surface area contributed by atoms with Gasteiger partial charge in [0.1, 0.15) is 22.3 Å². The van der Waals surface area contributed by atoms with Crippen LogP contribution < -0.4 is 4.90 Å². The third kappa shape index (κ3) is 4.80. The highest BCUT2D eigenvalue weighted by Gasteiger charge is 2.50. The second-order valence-electron chi connectivity index (χ2n) is 19.1. The van der Waals surface area contributed by atoms with Gasteiger partial charge >= 0.3 is 0 Å². The van der Waals surface area contributed by atoms with Crippen LogP contribution in [0.3, 0.4) is 0 Å². The van der Waals surface area contributed by atoms with Crippen molar-refractivity contribution < 1.29 is 8.83 Å². The lowest BCUT2D eigenvalue weighted by atomic mass is 9.65. The predicted octanol–water partition coefficient (Wildman–Crippen LogP) is 17.3. The maximum Gasteiger partial charge on any atom is 0.137 e. The van der Waals surface area contributed by atoms with Gasteiger partial charge < -0.3 is 13.7 Å². The summed E-state index contributed by atoms with van der Waals surface area (Å²) >= 11 is 0. The molecule has 314 valence electrons. The molecule has 3 nitrogen and oxygen atoms in total. The second kappa shape index (κ2) is 13.1. The Bertz CT molecular complexity index is 4110. The molecule has 0 saturated carbocycles. The quantitative estimate of drug-likeness (QED) is 0.177. The van der Waals surface area contributed by atoms with E-state index in [0.717, 1.165) is 60.9 Å². The molecule has 0 saturated heterocycles. The maximum atomic E-state index is 6.63. The van der Waals surface area contributed by atoms with Crippen molar-refractivity contribution in [3.63, 3.8) is 0 Å². The number of furan rings is 2. The first-order valence-electron chi connectivity index (χ1n) is 23.3. The fourth-order valence-corrected chi connectivity index (χ4v) is 12.6. The summed E-state index contributed by atoms with van der Waals surface area (Å²) in [6.07, 6.45) is 0. The summed E-state index contributed by atoms with van der Waals surface area (Å²) in [6, 6.07) is 78.7. The van der Waals surface area contributed by atoms with E-state index in [0.29, 0.717) is 0 Å². The van der Waals surface area contributed by atoms with E-state index in [1.54, 1.807) is 0 Å². The summed E-state index contributed by atoms with van der Waals surface area (Å²) in [6.45, 7) is 4.73. The number of para-hydroxylation sites is 2. The first-order valence-corrected chi connectivity index (χ1v) is 23.3. The Morgan fingerprint density at radius 1 is 0.284 bits per heavy atom. The number of hydrogen-bond donors (Lipinski definition) is 0. The van der Waals surface area contributed by atoms with Crippen molar-refractivity contribution in [1.82, 2.24) is 0 Å². The van der Waals surface area contributed by atoms with Crippen LogP contribution in [0, 0.1) is 0 Å². The zero-order valence-corrected chi connectivity index (χ0v) is 37.0. The molecular formula is C64H41NO2. The van der Waals surface area contributed by atoms with Crippen LogP contribution in [-0.4, -0.2) is 0 Å². The molecule has 0 amide bonds. The molecule has 0 aliphatic heterocycles. The molecule has 10 aromatic carbocycles. The van der Waals surface area contributed by atoms with Crippen LogP contribution in [0.4, 0.5) is 17.1 Å². The minimum atomic E-state index is -0.699. The monoisotopic (exact) mass is 855 g/mol. The van der Waals surface area contributed by atoms with Gasteiger partial charge in [-0.15, -0.1) is 0 Å². The molecule has 1 atom stereocenters. The Morgan fingerprint density at radius 2 is 0.701 bits per heavy atom. The van der Waals surface area contributed by atoms with Crippen molar-refractivity contribution >= 4 is 60.9 Å². The van der Waals surface area contributed by atoms with Gasteiger partial charge in [-0.25, -0.2) is 0 Å². The average molecular weight is 856 g/mol. The number of hydrogen-bond acceptors (Lipinski definition) is 3. The number of benzene rings is 10. The molecule has 67 heavy (non-hydrogen) atoms. The summed E-state index contributed by atoms with van der Waals surface area (Å²) in [5.74, 6) is 0. The van der Waals surface area contributed by atoms with E-state index in [1.165, 1.54) is 77.9 Å². The zero-order chi connectivity index (χ0) is 44.2. The van der Waals surface area contributed by atoms with Crippen molar-refractivity contribution in [2.75, 3.05) is 4.90 Å². The van der Waals surface area contributed by atoms with Crippen LogP contribution in [-0.2, 0) is 10.8 Å². The van der Waals surface area contributed by atoms with Crippen LogP contribution in [0.25, 0.3) is 88.4 Å². The van der Waals surface area contributed by atoms with Crippen LogP contribution in [0.15, 0.2) is 221 Å². The molecule has 2 heterocycles. The summed E-state index contributed by atoms with van der Waals surface area (Å²) in [4.78, 5) is 2.46. The summed E-state index contributed by atoms with van der Waals surface area (Å²) in [5, 5.41) is 4.48. The van der Waals surface area contributed by atoms with E-state index in [4.69, 9.17) is 8.83 Å². The van der Waals surface area contributed by atoms with E-state index < -0.39 is 5.41 Å². The van der Waals surface area contributed by atoms with Gasteiger partial charge in [-0.1, -0.05) is 159 Å². The smallest absolute Gasteiger partial charge is 0.137 e. The van der Waals surface area contributed by atoms with Crippen molar-refractivity contribution in [2.45, 2.75) is 24.7 Å². The molecule has 1 spiro atoms. The lowest BCUT2D eigenvalue weighted by molar-refractivity contribution is 0.660. The average Bonchev–Trinajstić information content (AvgIpc) is 4.06. The van der Waals surface area contributed by atoms with Gasteiger partial charge in [0, 0.05) is 50.1 Å². The van der Waals surface area contributed by atoms with Crippen molar-refractivity contribution in [3.05, 3.63) is 246 Å². The lowest BCUT2D eigenvalue weighted by Crippen LogP contribution is -2.29. The topological polar surface area (TPSA) is 29.5 Å². The lowest BCUT2D eigenvalue weighted by Gasteiger charge is -2.36. The van der Waals surface area contributed by atoms with E-state index in [2.05, 4.69) is 225 Å². The van der Waals surface area contributed by atoms with Gasteiger partial charge in [-0.3, -0.25) is 0 Å². The van der Waals surface area contributed by atoms with Crippen molar-refractivity contribution in [3.8, 4) is 44.5 Å². The third-order valence-corrected chi connectivity index (χ3v) is 15.5. The molecule has 15 rings (SSSR count). The Balaban J connectivity index is 1.06. The highest BCUT2D eigenvalue weighted by Crippen LogP contribution is 2.63. The van der Waals surface area contributed by atoms with Gasteiger partial charge in [-0.05, 0) is 139 Å². The summed E-state index contributed by atoms with van der Waals surface area (Å²) in [5.41, 5.74) is 23.5. The SMILES string of the molecule is CC1(C)c2ccccc2-c2ccc(N(c3ccc4c(c3)C3(c5ccccc5-c5ccccc5-4)c4ccccc4-c4cc5oc6ccccc6c5cc43)c3ccc4c(c3)oc3ccccc34)cc21. The highest BCUT2D eigenvalue weighted by atomic mass is 16.3. The Labute approximate surface area is 387 Å². The van der Waals surface area contributed by atoms with Gasteiger partial charge in [0.15, 0.2) is 0 Å². The van der Waals surface area contributed by atoms with Gasteiger partial charge in [0.2, 0.25) is 0 Å². The molecular weight excluding hydrogens is 815 g/mol. The predicted molar refractivity (Wildman–Crippen MR) is 275 cm³/mol. The highest BCUT2D eigenvalue weighted by molar-refractivity contribution is 6.09. The third-order valence-electron chi connectivity index (χ3n) is 15.5. The summed E-state index contributed by atoms with van der Waals surface area (Å²) < 4.78 is 13.3. The van der Waals surface area contributed by atoms with Gasteiger partial charge in [-0.2, -0.15) is 0 Å². The van der Waals surface area contributed by atoms with E-state index in [-0.39, 0.29) is 5.41 Å². The second-order valence-corrected chi connectivity index (χ2v) is 19.1. The minimum Gasteiger partial charge on any atom is -0.456 e. The molecule has 12 aromatic rings. The molecule has 1 unspecified atom stereocenters. The summed E-state index contributed by atoms with van der Waals surface area (Å²) in [7, 11) is 0. The molecule has 3 aliphatic rings. The van der Waals surface area contributed by atoms with Crippen LogP contribution in [0.5, 0.6) is 0 Å². The number of nitrogens with zero attached hydrogens (tertiary/aromatic N) is 1. The van der Waals surface area contributed by atoms with E-state index >= 15 is 0 Å². The molecule has 0 radical (unpaired) electrons. The molecule has 0 N–H and O–H groups in total. The fraction of sp³-hybridized carbons (Fsp3) is 0.0625. The largest absolute Gasteiger partial charge is 0.456 e. The molecule has 0 bridgehead atoms. The zero-order valence-electron chi connectivity index (χ0n) is 37.0. The van der Waals surface area contributed by atoms with Crippen molar-refractivity contribution in [2.24, 2.45) is 0 Å². The fourth-order valence-electron chi connectivity index (χ4n) is 12.6. The van der Waals surface area contributed by atoms with Crippen LogP contribution >= 0.6 is 0 Å². The molecule has 3 heteroatoms. The van der Waals surface area contributed by atoms with E-state index in [1.807, 2.05) is 6.07 Å². The first kappa shape index (κ1) is 36.9. The van der Waals surface area contributed by atoms with Crippen molar-refractivity contribution in [1.29, 1.82) is 0 Å². The first-order chi connectivity index (χ1) is 33.0. The molecule has 3 aliphatic carbocycles. The molecule has 2 aromatic heterocycles. The number of fused-ring (bicyclic) bond motifs is 21. The number of rotatable bonds is 3. The molecule has 0 fully saturated rings. The minimum absolute atomic E-state index is 0.179. The van der Waals surface area contributed by atoms with Gasteiger partial charge in [0.05, 0.1) is 5.41 Å². The van der Waals surface area contributed by atoms with Gasteiger partial charge in [0.25, 0.3) is 0 Å². The Hall–Kier alpha value is -8.40. The Morgan fingerprint density at radius 3 is 1.36 bits per heavy atom. The standard InChI is InChI=1S/C64H41NO2/c1-63(2)53-22-10-5-18-44(53)47-31-28-38(33-56(47)63)65(40-29-32-50-48-20-8-13-25-59(48)66-61(50)35-40)39-27-30-46-42-16-4-3-15-41(42)43-17-6-11-23-54(43)64(57(46)34-39)55-24-12-7-19-45(55)51-37-62-52(36-58(51)64)49-21-9-14-26-60(49)67-62/h3-37H,1-2H3. The normalized spacial score (nSPS) is 15.8. The number of anilines is 3. The van der Waals surface area contributed by atoms with E-state index in [9.17, 15) is 0 Å².